The van der Waals surface area contributed by atoms with Crippen LogP contribution >= 0.6 is 11.8 Å². The lowest BCUT2D eigenvalue weighted by molar-refractivity contribution is -0.231. The number of aliphatic hydroxyl groups is 6. The average molecular weight is 735 g/mol. The number of rotatable bonds is 12. The Hall–Kier alpha value is -3.59. The zero-order valence-corrected chi connectivity index (χ0v) is 28.2. The number of ether oxygens (including phenoxy) is 6. The molecule has 10 atom stereocenters. The van der Waals surface area contributed by atoms with Gasteiger partial charge in [-0.05, 0) is 36.4 Å². The minimum Gasteiger partial charge on any atom is -0.497 e. The topological polar surface area (TPSA) is 237 Å². The van der Waals surface area contributed by atoms with Gasteiger partial charge >= 0.3 is 11.3 Å². The molecule has 0 unspecified atom stereocenters. The summed E-state index contributed by atoms with van der Waals surface area (Å²) >= 11 is 0.735. The lowest BCUT2D eigenvalue weighted by Gasteiger charge is -2.46. The van der Waals surface area contributed by atoms with Crippen molar-refractivity contribution >= 4 is 33.7 Å². The molecule has 0 bridgehead atoms. The van der Waals surface area contributed by atoms with Crippen molar-refractivity contribution in [3.8, 4) is 11.5 Å². The molecule has 2 fully saturated rings. The van der Waals surface area contributed by atoms with Crippen molar-refractivity contribution in [2.45, 2.75) is 72.9 Å². The molecular weight excluding hydrogens is 696 g/mol. The van der Waals surface area contributed by atoms with Crippen molar-refractivity contribution in [3.63, 3.8) is 0 Å². The van der Waals surface area contributed by atoms with E-state index in [9.17, 15) is 40.2 Å². The molecule has 2 aromatic carbocycles. The number of hydrogen-bond acceptors (Lipinski definition) is 17. The van der Waals surface area contributed by atoms with Crippen LogP contribution in [0.25, 0.3) is 21.9 Å². The Kier molecular flexibility index (Phi) is 11.6. The van der Waals surface area contributed by atoms with Crippen molar-refractivity contribution in [1.82, 2.24) is 0 Å². The first-order valence-corrected chi connectivity index (χ1v) is 16.8. The van der Waals surface area contributed by atoms with Crippen LogP contribution in [0.15, 0.2) is 67.0 Å². The van der Waals surface area contributed by atoms with Gasteiger partial charge in [0.1, 0.15) is 82.4 Å². The summed E-state index contributed by atoms with van der Waals surface area (Å²) in [5.41, 5.74) is -3.26. The largest absolute Gasteiger partial charge is 0.497 e. The molecule has 2 aliphatic rings. The van der Waals surface area contributed by atoms with E-state index in [0.717, 1.165) is 11.8 Å². The maximum Gasteiger partial charge on any atom is 0.341 e. The van der Waals surface area contributed by atoms with Crippen LogP contribution in [0.2, 0.25) is 0 Å². The molecule has 4 aromatic rings. The third-order valence-electron chi connectivity index (χ3n) is 8.81. The fourth-order valence-electron chi connectivity index (χ4n) is 5.95. The second kappa shape index (κ2) is 16.0. The standard InChI is InChI=1S/C34H38O16S/c1-43-19-5-3-15-7-17(31(41)47-21(15)9-19)13-45-29-25(37)23(11-35)49-33(27(29)39)51-34-28(40)30(26(38)24(12-36)50-34)46-14-18-8-16-4-6-20(44-2)10-22(16)48-32(18)42/h3-10,23-30,33-40H,11-14H2,1-2H3/t23-,24-,25+,26+,27-,28-,29+,30+,33+,34+/m1/s1. The second-order valence-electron chi connectivity index (χ2n) is 12.0. The van der Waals surface area contributed by atoms with Crippen LogP contribution in [0.1, 0.15) is 11.1 Å². The molecule has 0 aliphatic carbocycles. The molecule has 0 saturated carbocycles. The van der Waals surface area contributed by atoms with Crippen molar-refractivity contribution < 1.29 is 67.9 Å². The van der Waals surface area contributed by atoms with E-state index in [-0.39, 0.29) is 35.5 Å². The third-order valence-corrected chi connectivity index (χ3v) is 10.1. The number of benzene rings is 2. The summed E-state index contributed by atoms with van der Waals surface area (Å²) in [5, 5.41) is 65.5. The highest BCUT2D eigenvalue weighted by Crippen LogP contribution is 2.38. The minimum atomic E-state index is -1.60. The summed E-state index contributed by atoms with van der Waals surface area (Å²) in [7, 11) is 2.96. The molecule has 0 amide bonds. The zero-order valence-electron chi connectivity index (χ0n) is 27.4. The Balaban J connectivity index is 1.16. The molecular formula is C34H38O16S. The molecule has 0 spiro atoms. The normalized spacial score (nSPS) is 29.7. The highest BCUT2D eigenvalue weighted by molar-refractivity contribution is 8.00. The fraction of sp³-hybridized carbons (Fsp3) is 0.471. The monoisotopic (exact) mass is 734 g/mol. The molecule has 51 heavy (non-hydrogen) atoms. The summed E-state index contributed by atoms with van der Waals surface area (Å²) in [6.45, 7) is -2.12. The van der Waals surface area contributed by atoms with E-state index in [4.69, 9.17) is 37.3 Å². The summed E-state index contributed by atoms with van der Waals surface area (Å²) in [6.07, 6.45) is -11.6. The van der Waals surface area contributed by atoms with Gasteiger partial charge in [-0.2, -0.15) is 0 Å². The lowest BCUT2D eigenvalue weighted by Crippen LogP contribution is -2.61. The van der Waals surface area contributed by atoms with Gasteiger partial charge in [0, 0.05) is 22.9 Å². The SMILES string of the molecule is COc1ccc2cc(CO[C@H]3[C@@H](O)[C@@H](CO)O[C@@H](S[C@@H]4O[C@H](CO)[C@H](O)[C@H](OCc5cc6ccc(OC)cc6oc5=O)[C@H]4O)[C@@H]3O)c(=O)oc2c1. The van der Waals surface area contributed by atoms with Gasteiger partial charge in [-0.25, -0.2) is 9.59 Å². The van der Waals surface area contributed by atoms with E-state index in [2.05, 4.69) is 0 Å². The Morgan fingerprint density at radius 2 is 1.04 bits per heavy atom. The summed E-state index contributed by atoms with van der Waals surface area (Å²) < 4.78 is 44.3. The molecule has 276 valence electrons. The molecule has 2 aliphatic heterocycles. The Labute approximate surface area is 293 Å². The number of methoxy groups -OCH3 is 2. The number of fused-ring (bicyclic) bond motifs is 2. The quantitative estimate of drug-likeness (QED) is 0.105. The maximum atomic E-state index is 12.7. The van der Waals surface area contributed by atoms with Crippen LogP contribution in [0.4, 0.5) is 0 Å². The van der Waals surface area contributed by atoms with Gasteiger partial charge in [0.05, 0.1) is 51.8 Å². The van der Waals surface area contributed by atoms with Gasteiger partial charge in [-0.15, -0.1) is 0 Å². The first kappa shape index (κ1) is 37.2. The lowest BCUT2D eigenvalue weighted by atomic mass is 9.99. The zero-order chi connectivity index (χ0) is 36.4. The minimum absolute atomic E-state index is 0.0919. The fourth-order valence-corrected chi connectivity index (χ4v) is 7.26. The van der Waals surface area contributed by atoms with Crippen molar-refractivity contribution in [3.05, 3.63) is 80.5 Å². The van der Waals surface area contributed by atoms with Crippen molar-refractivity contribution in [2.75, 3.05) is 27.4 Å². The van der Waals surface area contributed by atoms with Crippen LogP contribution in [0.5, 0.6) is 11.5 Å². The van der Waals surface area contributed by atoms with E-state index in [1.54, 1.807) is 48.5 Å². The molecule has 6 rings (SSSR count). The third kappa shape index (κ3) is 7.79. The molecule has 0 radical (unpaired) electrons. The van der Waals surface area contributed by atoms with Crippen LogP contribution in [-0.4, -0.2) is 118 Å². The average Bonchev–Trinajstić information content (AvgIpc) is 3.13. The van der Waals surface area contributed by atoms with Gasteiger partial charge in [-0.3, -0.25) is 0 Å². The Bertz CT molecular complexity index is 1790. The molecule has 2 saturated heterocycles. The summed E-state index contributed by atoms with van der Waals surface area (Å²) in [4.78, 5) is 25.4. The molecule has 17 heteroatoms. The first-order valence-electron chi connectivity index (χ1n) is 15.9. The van der Waals surface area contributed by atoms with Crippen molar-refractivity contribution in [2.24, 2.45) is 0 Å². The molecule has 16 nitrogen and oxygen atoms in total. The maximum absolute atomic E-state index is 12.7. The smallest absolute Gasteiger partial charge is 0.341 e. The van der Waals surface area contributed by atoms with E-state index in [1.165, 1.54) is 14.2 Å². The van der Waals surface area contributed by atoms with Gasteiger partial charge in [0.15, 0.2) is 0 Å². The predicted octanol–water partition coefficient (Wildman–Crippen LogP) is -0.00160. The van der Waals surface area contributed by atoms with E-state index in [0.29, 0.717) is 22.3 Å². The second-order valence-corrected chi connectivity index (χ2v) is 13.2. The summed E-state index contributed by atoms with van der Waals surface area (Å²) in [6, 6.07) is 12.9. The van der Waals surface area contributed by atoms with Crippen LogP contribution < -0.4 is 20.7 Å². The van der Waals surface area contributed by atoms with E-state index in [1.807, 2.05) is 0 Å². The number of aliphatic hydroxyl groups excluding tert-OH is 6. The predicted molar refractivity (Wildman–Crippen MR) is 178 cm³/mol. The highest BCUT2D eigenvalue weighted by Gasteiger charge is 2.51. The number of hydrogen-bond donors (Lipinski definition) is 6. The van der Waals surface area contributed by atoms with Crippen LogP contribution in [-0.2, 0) is 32.2 Å². The number of thioether (sulfide) groups is 1. The Morgan fingerprint density at radius 1 is 0.627 bits per heavy atom. The van der Waals surface area contributed by atoms with E-state index >= 15 is 0 Å². The first-order chi connectivity index (χ1) is 24.5. The molecule has 2 aromatic heterocycles. The van der Waals surface area contributed by atoms with E-state index < -0.39 is 84.2 Å². The van der Waals surface area contributed by atoms with Crippen LogP contribution in [0.3, 0.4) is 0 Å². The van der Waals surface area contributed by atoms with Crippen molar-refractivity contribution in [1.29, 1.82) is 0 Å². The Morgan fingerprint density at radius 3 is 1.41 bits per heavy atom. The summed E-state index contributed by atoms with van der Waals surface area (Å²) in [5.74, 6) is 0.983. The van der Waals surface area contributed by atoms with Crippen LogP contribution in [0, 0.1) is 0 Å². The van der Waals surface area contributed by atoms with Gasteiger partial charge < -0.3 is 67.9 Å². The molecule has 6 N–H and O–H groups in total. The van der Waals surface area contributed by atoms with Gasteiger partial charge in [0.2, 0.25) is 0 Å². The molecule has 4 heterocycles. The van der Waals surface area contributed by atoms with Gasteiger partial charge in [0.25, 0.3) is 0 Å². The van der Waals surface area contributed by atoms with Gasteiger partial charge in [-0.1, -0.05) is 11.8 Å². The highest BCUT2D eigenvalue weighted by atomic mass is 32.2.